The Morgan fingerprint density at radius 2 is 1.78 bits per heavy atom. The van der Waals surface area contributed by atoms with Crippen LogP contribution in [-0.2, 0) is 6.42 Å². The van der Waals surface area contributed by atoms with Crippen molar-refractivity contribution in [2.75, 3.05) is 6.54 Å². The minimum Gasteiger partial charge on any atom is -0.336 e. The van der Waals surface area contributed by atoms with Gasteiger partial charge in [0, 0.05) is 17.8 Å². The second-order valence-corrected chi connectivity index (χ2v) is 6.34. The summed E-state index contributed by atoms with van der Waals surface area (Å²) in [5, 5.41) is 9.56. The van der Waals surface area contributed by atoms with Crippen molar-refractivity contribution in [2.24, 2.45) is 0 Å². The SMILES string of the molecule is O=C(NCC1Cc2ccccc21)NNC(=O)c1n[nH]c(=O)c2ccccc12. The second-order valence-electron chi connectivity index (χ2n) is 6.34. The number of hydrogen-bond donors (Lipinski definition) is 4. The van der Waals surface area contributed by atoms with Gasteiger partial charge in [-0.2, -0.15) is 5.10 Å². The van der Waals surface area contributed by atoms with Crippen LogP contribution in [0.3, 0.4) is 0 Å². The summed E-state index contributed by atoms with van der Waals surface area (Å²) < 4.78 is 0. The van der Waals surface area contributed by atoms with Gasteiger partial charge in [-0.15, -0.1) is 0 Å². The van der Waals surface area contributed by atoms with Gasteiger partial charge in [-0.3, -0.25) is 15.0 Å². The lowest BCUT2D eigenvalue weighted by molar-refractivity contribution is 0.0932. The number of nitrogens with one attached hydrogen (secondary N) is 4. The van der Waals surface area contributed by atoms with Crippen molar-refractivity contribution in [3.05, 3.63) is 75.7 Å². The van der Waals surface area contributed by atoms with Crippen LogP contribution in [-0.4, -0.2) is 28.7 Å². The predicted octanol–water partition coefficient (Wildman–Crippen LogP) is 1.21. The molecule has 1 atom stereocenters. The summed E-state index contributed by atoms with van der Waals surface area (Å²) >= 11 is 0. The molecule has 1 aliphatic rings. The van der Waals surface area contributed by atoms with Crippen molar-refractivity contribution in [3.63, 3.8) is 0 Å². The maximum atomic E-state index is 12.3. The van der Waals surface area contributed by atoms with Gasteiger partial charge in [0.1, 0.15) is 0 Å². The van der Waals surface area contributed by atoms with Crippen LogP contribution in [0.4, 0.5) is 4.79 Å². The van der Waals surface area contributed by atoms with Crippen molar-refractivity contribution in [1.82, 2.24) is 26.4 Å². The lowest BCUT2D eigenvalue weighted by atomic mass is 9.78. The zero-order chi connectivity index (χ0) is 18.8. The Morgan fingerprint density at radius 1 is 1.04 bits per heavy atom. The summed E-state index contributed by atoms with van der Waals surface area (Å²) in [4.78, 5) is 36.0. The first kappa shape index (κ1) is 16.8. The molecule has 3 amide bonds. The topological polar surface area (TPSA) is 116 Å². The number of hydrazine groups is 1. The Hall–Kier alpha value is -3.68. The minimum absolute atomic E-state index is 0.0263. The number of carbonyl (C=O) groups is 2. The average molecular weight is 363 g/mol. The molecular weight excluding hydrogens is 346 g/mol. The van der Waals surface area contributed by atoms with E-state index in [2.05, 4.69) is 38.5 Å². The number of nitrogens with zero attached hydrogens (tertiary/aromatic N) is 1. The molecule has 136 valence electrons. The van der Waals surface area contributed by atoms with Gasteiger partial charge in [-0.25, -0.2) is 15.3 Å². The highest BCUT2D eigenvalue weighted by Gasteiger charge is 2.25. The van der Waals surface area contributed by atoms with E-state index in [-0.39, 0.29) is 17.2 Å². The first-order valence-corrected chi connectivity index (χ1v) is 8.53. The molecule has 0 fully saturated rings. The molecule has 3 aromatic rings. The monoisotopic (exact) mass is 363 g/mol. The van der Waals surface area contributed by atoms with Crippen molar-refractivity contribution in [3.8, 4) is 0 Å². The summed E-state index contributed by atoms with van der Waals surface area (Å²) in [6.07, 6.45) is 0.927. The first-order chi connectivity index (χ1) is 13.1. The fourth-order valence-electron chi connectivity index (χ4n) is 3.27. The van der Waals surface area contributed by atoms with E-state index in [4.69, 9.17) is 0 Å². The fourth-order valence-corrected chi connectivity index (χ4v) is 3.27. The lowest BCUT2D eigenvalue weighted by Gasteiger charge is -2.30. The molecule has 4 N–H and O–H groups in total. The standard InChI is InChI=1S/C19H17N5O3/c25-17-15-8-4-3-7-14(15)16(21-22-17)18(26)23-24-19(27)20-10-12-9-11-5-1-2-6-13(11)12/h1-8,12H,9-10H2,(H,22,25)(H,23,26)(H2,20,24,27). The number of rotatable bonds is 3. The van der Waals surface area contributed by atoms with E-state index in [1.54, 1.807) is 24.3 Å². The van der Waals surface area contributed by atoms with Crippen molar-refractivity contribution in [2.45, 2.75) is 12.3 Å². The van der Waals surface area contributed by atoms with Crippen LogP contribution in [0.25, 0.3) is 10.8 Å². The number of amides is 3. The molecule has 8 heteroatoms. The molecule has 0 bridgehead atoms. The Morgan fingerprint density at radius 3 is 2.59 bits per heavy atom. The zero-order valence-corrected chi connectivity index (χ0v) is 14.3. The highest BCUT2D eigenvalue weighted by molar-refractivity contribution is 6.05. The van der Waals surface area contributed by atoms with E-state index >= 15 is 0 Å². The molecule has 1 aromatic heterocycles. The van der Waals surface area contributed by atoms with E-state index < -0.39 is 11.9 Å². The largest absolute Gasteiger partial charge is 0.336 e. The predicted molar refractivity (Wildman–Crippen MR) is 99.3 cm³/mol. The van der Waals surface area contributed by atoms with Crippen LogP contribution in [0.5, 0.6) is 0 Å². The second kappa shape index (κ2) is 6.91. The van der Waals surface area contributed by atoms with E-state index in [1.165, 1.54) is 11.1 Å². The smallest absolute Gasteiger partial charge is 0.333 e. The van der Waals surface area contributed by atoms with E-state index in [9.17, 15) is 14.4 Å². The number of hydrogen-bond acceptors (Lipinski definition) is 4. The molecule has 0 aliphatic heterocycles. The summed E-state index contributed by atoms with van der Waals surface area (Å²) in [6, 6.07) is 14.2. The summed E-state index contributed by atoms with van der Waals surface area (Å²) in [6.45, 7) is 0.485. The number of carbonyl (C=O) groups excluding carboxylic acids is 2. The molecule has 27 heavy (non-hydrogen) atoms. The van der Waals surface area contributed by atoms with Crippen molar-refractivity contribution < 1.29 is 9.59 Å². The summed E-state index contributed by atoms with van der Waals surface area (Å²) in [5.41, 5.74) is 6.80. The number of H-pyrrole nitrogens is 1. The summed E-state index contributed by atoms with van der Waals surface area (Å²) in [5.74, 6) is -0.334. The molecule has 0 saturated carbocycles. The fraction of sp³-hybridized carbons (Fsp3) is 0.158. The number of urea groups is 1. The number of aromatic nitrogens is 2. The molecular formula is C19H17N5O3. The van der Waals surface area contributed by atoms with Crippen molar-refractivity contribution in [1.29, 1.82) is 0 Å². The van der Waals surface area contributed by atoms with Gasteiger partial charge in [-0.1, -0.05) is 42.5 Å². The molecule has 0 spiro atoms. The highest BCUT2D eigenvalue weighted by Crippen LogP contribution is 2.33. The first-order valence-electron chi connectivity index (χ1n) is 8.53. The van der Waals surface area contributed by atoms with Gasteiger partial charge in [0.15, 0.2) is 5.69 Å². The number of aromatic amines is 1. The number of fused-ring (bicyclic) bond motifs is 2. The number of benzene rings is 2. The third kappa shape index (κ3) is 3.24. The van der Waals surface area contributed by atoms with Crippen LogP contribution in [0.1, 0.15) is 27.5 Å². The molecule has 4 rings (SSSR count). The Bertz CT molecular complexity index is 1090. The average Bonchev–Trinajstić information content (AvgIpc) is 2.67. The quantitative estimate of drug-likeness (QED) is 0.523. The van der Waals surface area contributed by atoms with Gasteiger partial charge in [0.25, 0.3) is 11.5 Å². The van der Waals surface area contributed by atoms with Gasteiger partial charge < -0.3 is 5.32 Å². The third-order valence-corrected chi connectivity index (χ3v) is 4.67. The molecule has 1 aliphatic carbocycles. The Labute approximate surface area is 154 Å². The van der Waals surface area contributed by atoms with Gasteiger partial charge in [0.05, 0.1) is 5.39 Å². The van der Waals surface area contributed by atoms with Crippen LogP contribution >= 0.6 is 0 Å². The molecule has 1 heterocycles. The van der Waals surface area contributed by atoms with Gasteiger partial charge in [-0.05, 0) is 23.6 Å². The summed E-state index contributed by atoms with van der Waals surface area (Å²) in [7, 11) is 0. The van der Waals surface area contributed by atoms with Crippen LogP contribution in [0.2, 0.25) is 0 Å². The van der Waals surface area contributed by atoms with Gasteiger partial charge in [0.2, 0.25) is 0 Å². The molecule has 0 radical (unpaired) electrons. The Kier molecular flexibility index (Phi) is 4.29. The molecule has 0 saturated heterocycles. The van der Waals surface area contributed by atoms with Crippen LogP contribution in [0, 0.1) is 0 Å². The maximum absolute atomic E-state index is 12.3. The van der Waals surface area contributed by atoms with Crippen LogP contribution in [0.15, 0.2) is 53.3 Å². The third-order valence-electron chi connectivity index (χ3n) is 4.67. The maximum Gasteiger partial charge on any atom is 0.333 e. The van der Waals surface area contributed by atoms with Gasteiger partial charge >= 0.3 is 6.03 Å². The van der Waals surface area contributed by atoms with E-state index in [0.29, 0.717) is 17.3 Å². The van der Waals surface area contributed by atoms with E-state index in [0.717, 1.165) is 6.42 Å². The highest BCUT2D eigenvalue weighted by atomic mass is 16.2. The Balaban J connectivity index is 1.34. The molecule has 8 nitrogen and oxygen atoms in total. The molecule has 2 aromatic carbocycles. The minimum atomic E-state index is -0.619. The molecule has 1 unspecified atom stereocenters. The lowest BCUT2D eigenvalue weighted by Crippen LogP contribution is -2.48. The van der Waals surface area contributed by atoms with Crippen LogP contribution < -0.4 is 21.7 Å². The van der Waals surface area contributed by atoms with Crippen molar-refractivity contribution >= 4 is 22.7 Å². The zero-order valence-electron chi connectivity index (χ0n) is 14.3. The van der Waals surface area contributed by atoms with E-state index in [1.807, 2.05) is 12.1 Å². The normalized spacial score (nSPS) is 14.7.